The topological polar surface area (TPSA) is 79.6 Å². The Bertz CT molecular complexity index is 980. The van der Waals surface area contributed by atoms with Gasteiger partial charge < -0.3 is 10.2 Å². The number of nitrogens with one attached hydrogen (secondary N) is 1. The van der Waals surface area contributed by atoms with Gasteiger partial charge in [-0.15, -0.1) is 11.3 Å². The summed E-state index contributed by atoms with van der Waals surface area (Å²) in [5, 5.41) is 2.75. The Balaban J connectivity index is 1.99. The Hall–Kier alpha value is -2.74. The van der Waals surface area contributed by atoms with Crippen LogP contribution >= 0.6 is 11.3 Å². The first-order chi connectivity index (χ1) is 12.5. The first kappa shape index (κ1) is 18.1. The van der Waals surface area contributed by atoms with Crippen LogP contribution in [-0.2, 0) is 6.54 Å². The summed E-state index contributed by atoms with van der Waals surface area (Å²) in [6.45, 7) is 7.53. The van der Waals surface area contributed by atoms with Gasteiger partial charge in [0.05, 0.1) is 12.2 Å². The van der Waals surface area contributed by atoms with Crippen LogP contribution in [0.5, 0.6) is 0 Å². The number of fused-ring (bicyclic) bond motifs is 1. The van der Waals surface area contributed by atoms with Crippen LogP contribution < -0.4 is 15.8 Å². The number of carbonyl (C=O) groups excluding carboxylic acids is 1. The van der Waals surface area contributed by atoms with E-state index in [9.17, 15) is 9.59 Å². The summed E-state index contributed by atoms with van der Waals surface area (Å²) in [5.74, 6) is -0.250. The molecule has 0 saturated heterocycles. The Labute approximate surface area is 155 Å². The SMILES string of the molecule is CCNC(=O)c1c(C)sc2nc(CN(CC)c3ccncc3)cc(=O)n12. The Morgan fingerprint density at radius 1 is 1.31 bits per heavy atom. The van der Waals surface area contributed by atoms with Crippen molar-refractivity contribution in [2.75, 3.05) is 18.0 Å². The number of carbonyl (C=O) groups is 1. The van der Waals surface area contributed by atoms with Crippen LogP contribution in [0, 0.1) is 6.92 Å². The predicted octanol–water partition coefficient (Wildman–Crippen LogP) is 2.24. The zero-order valence-electron chi connectivity index (χ0n) is 15.0. The molecule has 0 unspecified atom stereocenters. The van der Waals surface area contributed by atoms with Crippen molar-refractivity contribution in [3.63, 3.8) is 0 Å². The highest BCUT2D eigenvalue weighted by Gasteiger charge is 2.19. The molecular formula is C18H21N5O2S. The number of nitrogens with zero attached hydrogens (tertiary/aromatic N) is 4. The van der Waals surface area contributed by atoms with Crippen molar-refractivity contribution in [3.8, 4) is 0 Å². The summed E-state index contributed by atoms with van der Waals surface area (Å²) in [6, 6.07) is 5.36. The molecule has 1 N–H and O–H groups in total. The van der Waals surface area contributed by atoms with Gasteiger partial charge in [-0.05, 0) is 32.9 Å². The smallest absolute Gasteiger partial charge is 0.269 e. The number of anilines is 1. The minimum absolute atomic E-state index is 0.235. The third kappa shape index (κ3) is 3.45. The number of hydrogen-bond donors (Lipinski definition) is 1. The van der Waals surface area contributed by atoms with E-state index in [1.54, 1.807) is 12.4 Å². The number of pyridine rings is 1. The monoisotopic (exact) mass is 371 g/mol. The Morgan fingerprint density at radius 2 is 2.04 bits per heavy atom. The van der Waals surface area contributed by atoms with E-state index in [1.807, 2.05) is 32.9 Å². The lowest BCUT2D eigenvalue weighted by Gasteiger charge is -2.22. The highest BCUT2D eigenvalue weighted by atomic mass is 32.1. The Kier molecular flexibility index (Phi) is 5.32. The van der Waals surface area contributed by atoms with Gasteiger partial charge in [0.25, 0.3) is 11.5 Å². The van der Waals surface area contributed by atoms with E-state index < -0.39 is 0 Å². The largest absolute Gasteiger partial charge is 0.366 e. The lowest BCUT2D eigenvalue weighted by molar-refractivity contribution is 0.0949. The summed E-state index contributed by atoms with van der Waals surface area (Å²) in [4.78, 5) is 37.0. The van der Waals surface area contributed by atoms with Gasteiger partial charge in [0.2, 0.25) is 0 Å². The second kappa shape index (κ2) is 7.65. The molecule has 0 fully saturated rings. The Morgan fingerprint density at radius 3 is 2.69 bits per heavy atom. The van der Waals surface area contributed by atoms with E-state index in [0.717, 1.165) is 17.1 Å². The van der Waals surface area contributed by atoms with E-state index in [2.05, 4.69) is 20.2 Å². The van der Waals surface area contributed by atoms with Crippen LogP contribution in [0.3, 0.4) is 0 Å². The third-order valence-electron chi connectivity index (χ3n) is 4.06. The molecule has 26 heavy (non-hydrogen) atoms. The highest BCUT2D eigenvalue weighted by molar-refractivity contribution is 7.17. The number of aromatic nitrogens is 3. The van der Waals surface area contributed by atoms with Crippen LogP contribution in [0.15, 0.2) is 35.4 Å². The van der Waals surface area contributed by atoms with Crippen molar-refractivity contribution in [1.29, 1.82) is 0 Å². The molecule has 0 aliphatic heterocycles. The molecule has 0 spiro atoms. The average Bonchev–Trinajstić information content (AvgIpc) is 2.97. The van der Waals surface area contributed by atoms with Crippen molar-refractivity contribution < 1.29 is 4.79 Å². The van der Waals surface area contributed by atoms with Crippen LogP contribution in [0.1, 0.15) is 34.9 Å². The second-order valence-electron chi connectivity index (χ2n) is 5.79. The van der Waals surface area contributed by atoms with Crippen molar-refractivity contribution in [2.45, 2.75) is 27.3 Å². The van der Waals surface area contributed by atoms with Crippen molar-refractivity contribution in [1.82, 2.24) is 19.7 Å². The summed E-state index contributed by atoms with van der Waals surface area (Å²) in [6.07, 6.45) is 3.48. The molecule has 0 radical (unpaired) electrons. The maximum absolute atomic E-state index is 12.7. The molecule has 3 aromatic heterocycles. The molecule has 1 amide bonds. The normalized spacial score (nSPS) is 10.9. The van der Waals surface area contributed by atoms with Crippen LogP contribution in [0.25, 0.3) is 4.96 Å². The summed E-state index contributed by atoms with van der Waals surface area (Å²) >= 11 is 1.35. The van der Waals surface area contributed by atoms with Gasteiger partial charge in [-0.3, -0.25) is 14.6 Å². The number of rotatable bonds is 6. The average molecular weight is 371 g/mol. The fraction of sp³-hybridized carbons (Fsp3) is 0.333. The molecule has 3 heterocycles. The number of hydrogen-bond acceptors (Lipinski definition) is 6. The predicted molar refractivity (Wildman–Crippen MR) is 103 cm³/mol. The quantitative estimate of drug-likeness (QED) is 0.719. The maximum Gasteiger partial charge on any atom is 0.269 e. The molecule has 7 nitrogen and oxygen atoms in total. The molecule has 0 aromatic carbocycles. The van der Waals surface area contributed by atoms with Gasteiger partial charge >= 0.3 is 0 Å². The van der Waals surface area contributed by atoms with Crippen LogP contribution in [0.4, 0.5) is 5.69 Å². The number of thiazole rings is 1. The molecule has 3 aromatic rings. The number of aryl methyl sites for hydroxylation is 1. The fourth-order valence-corrected chi connectivity index (χ4v) is 3.84. The van der Waals surface area contributed by atoms with Gasteiger partial charge in [0.15, 0.2) is 4.96 Å². The van der Waals surface area contributed by atoms with E-state index in [4.69, 9.17) is 0 Å². The molecule has 0 bridgehead atoms. The first-order valence-electron chi connectivity index (χ1n) is 8.50. The fourth-order valence-electron chi connectivity index (χ4n) is 2.85. The van der Waals surface area contributed by atoms with E-state index in [0.29, 0.717) is 29.4 Å². The molecular weight excluding hydrogens is 350 g/mol. The van der Waals surface area contributed by atoms with Crippen molar-refractivity contribution in [3.05, 3.63) is 57.2 Å². The van der Waals surface area contributed by atoms with Gasteiger partial charge in [-0.1, -0.05) is 0 Å². The lowest BCUT2D eigenvalue weighted by Crippen LogP contribution is -2.29. The molecule has 0 aliphatic rings. The summed E-state index contributed by atoms with van der Waals surface area (Å²) < 4.78 is 1.40. The first-order valence-corrected chi connectivity index (χ1v) is 9.32. The van der Waals surface area contributed by atoms with Crippen LogP contribution in [0.2, 0.25) is 0 Å². The lowest BCUT2D eigenvalue weighted by atomic mass is 10.3. The van der Waals surface area contributed by atoms with Gasteiger partial charge in [-0.25, -0.2) is 9.38 Å². The molecule has 8 heteroatoms. The van der Waals surface area contributed by atoms with Crippen molar-refractivity contribution >= 4 is 27.9 Å². The van der Waals surface area contributed by atoms with Gasteiger partial charge in [0, 0.05) is 42.1 Å². The molecule has 0 atom stereocenters. The van der Waals surface area contributed by atoms with E-state index in [-0.39, 0.29) is 11.5 Å². The van der Waals surface area contributed by atoms with Gasteiger partial charge in [0.1, 0.15) is 5.69 Å². The maximum atomic E-state index is 12.7. The van der Waals surface area contributed by atoms with Crippen LogP contribution in [-0.4, -0.2) is 33.4 Å². The zero-order chi connectivity index (χ0) is 18.7. The standard InChI is InChI=1S/C18H21N5O2S/c1-4-20-17(25)16-12(3)26-18-21-13(10-15(24)23(16)18)11-22(5-2)14-6-8-19-9-7-14/h6-10H,4-5,11H2,1-3H3,(H,20,25). The summed E-state index contributed by atoms with van der Waals surface area (Å²) in [5.41, 5.74) is 1.84. The van der Waals surface area contributed by atoms with E-state index in [1.165, 1.54) is 21.8 Å². The zero-order valence-corrected chi connectivity index (χ0v) is 15.8. The van der Waals surface area contributed by atoms with Gasteiger partial charge in [-0.2, -0.15) is 0 Å². The minimum atomic E-state index is -0.250. The minimum Gasteiger partial charge on any atom is -0.366 e. The van der Waals surface area contributed by atoms with E-state index >= 15 is 0 Å². The van der Waals surface area contributed by atoms with Crippen molar-refractivity contribution in [2.24, 2.45) is 0 Å². The molecule has 0 saturated carbocycles. The second-order valence-corrected chi connectivity index (χ2v) is 6.97. The summed E-state index contributed by atoms with van der Waals surface area (Å²) in [7, 11) is 0. The molecule has 136 valence electrons. The molecule has 3 rings (SSSR count). The number of amides is 1. The third-order valence-corrected chi connectivity index (χ3v) is 5.01. The highest BCUT2D eigenvalue weighted by Crippen LogP contribution is 2.21. The molecule has 0 aliphatic carbocycles.